The maximum absolute atomic E-state index is 11.8. The number of amides is 1. The van der Waals surface area contributed by atoms with Gasteiger partial charge in [0.05, 0.1) is 6.10 Å². The van der Waals surface area contributed by atoms with Crippen molar-refractivity contribution < 1.29 is 14.1 Å². The van der Waals surface area contributed by atoms with Crippen molar-refractivity contribution in [1.29, 1.82) is 0 Å². The molecule has 2 aromatic heterocycles. The molecule has 0 aromatic carbocycles. The van der Waals surface area contributed by atoms with Crippen LogP contribution in [0.3, 0.4) is 0 Å². The van der Waals surface area contributed by atoms with Gasteiger partial charge in [0.15, 0.2) is 5.69 Å². The Bertz CT molecular complexity index is 576. The minimum atomic E-state index is -0.274. The van der Waals surface area contributed by atoms with E-state index in [9.17, 15) is 4.79 Å². The van der Waals surface area contributed by atoms with Gasteiger partial charge in [-0.05, 0) is 26.3 Å². The summed E-state index contributed by atoms with van der Waals surface area (Å²) in [6.07, 6.45) is 1.76. The normalized spacial score (nSPS) is 10.6. The number of nitrogens with zero attached hydrogens (tertiary/aromatic N) is 2. The number of hydrogen-bond donors (Lipinski definition) is 1. The van der Waals surface area contributed by atoms with Crippen LogP contribution >= 0.6 is 0 Å². The number of pyridine rings is 1. The fourth-order valence-electron chi connectivity index (χ4n) is 1.57. The average molecular weight is 275 g/mol. The van der Waals surface area contributed by atoms with Crippen LogP contribution in [0.25, 0.3) is 0 Å². The largest absolute Gasteiger partial charge is 0.475 e. The SMILES string of the molecule is Cc1cc(C(=O)NCc2ccc(OC(C)C)nc2)no1. The zero-order valence-electron chi connectivity index (χ0n) is 11.7. The molecule has 0 aliphatic heterocycles. The van der Waals surface area contributed by atoms with Crippen LogP contribution in [-0.2, 0) is 6.54 Å². The first-order valence-electron chi connectivity index (χ1n) is 6.37. The van der Waals surface area contributed by atoms with E-state index in [0.29, 0.717) is 18.2 Å². The topological polar surface area (TPSA) is 77.2 Å². The van der Waals surface area contributed by atoms with Gasteiger partial charge in [0.2, 0.25) is 5.88 Å². The fraction of sp³-hybridized carbons (Fsp3) is 0.357. The maximum atomic E-state index is 11.8. The lowest BCUT2D eigenvalue weighted by molar-refractivity contribution is 0.0942. The molecule has 0 saturated carbocycles. The summed E-state index contributed by atoms with van der Waals surface area (Å²) in [5, 5.41) is 6.40. The Hall–Kier alpha value is -2.37. The molecule has 0 saturated heterocycles. The lowest BCUT2D eigenvalue weighted by atomic mass is 10.2. The first-order chi connectivity index (χ1) is 9.54. The third-order valence-corrected chi connectivity index (χ3v) is 2.47. The van der Waals surface area contributed by atoms with Crippen LogP contribution in [0.5, 0.6) is 5.88 Å². The predicted octanol–water partition coefficient (Wildman–Crippen LogP) is 2.10. The Morgan fingerprint density at radius 1 is 1.45 bits per heavy atom. The van der Waals surface area contributed by atoms with E-state index in [2.05, 4.69) is 15.5 Å². The van der Waals surface area contributed by atoms with Crippen LogP contribution in [0.15, 0.2) is 28.9 Å². The van der Waals surface area contributed by atoms with Gasteiger partial charge in [-0.15, -0.1) is 0 Å². The standard InChI is InChI=1S/C14H17N3O3/c1-9(2)19-13-5-4-11(7-15-13)8-16-14(18)12-6-10(3)20-17-12/h4-7,9H,8H2,1-3H3,(H,16,18). The van der Waals surface area contributed by atoms with Crippen LogP contribution in [0.1, 0.15) is 35.7 Å². The molecule has 2 aromatic rings. The second kappa shape index (κ2) is 6.18. The maximum Gasteiger partial charge on any atom is 0.273 e. The van der Waals surface area contributed by atoms with E-state index in [1.54, 1.807) is 25.3 Å². The summed E-state index contributed by atoms with van der Waals surface area (Å²) in [5.41, 5.74) is 1.16. The second-order valence-corrected chi connectivity index (χ2v) is 4.68. The first-order valence-corrected chi connectivity index (χ1v) is 6.37. The van der Waals surface area contributed by atoms with Gasteiger partial charge in [-0.25, -0.2) is 4.98 Å². The summed E-state index contributed by atoms with van der Waals surface area (Å²) < 4.78 is 10.3. The Labute approximate surface area is 117 Å². The number of carbonyl (C=O) groups is 1. The third kappa shape index (κ3) is 3.81. The van der Waals surface area contributed by atoms with Gasteiger partial charge in [0, 0.05) is 24.9 Å². The molecule has 1 N–H and O–H groups in total. The number of ether oxygens (including phenoxy) is 1. The summed E-state index contributed by atoms with van der Waals surface area (Å²) in [4.78, 5) is 15.9. The number of nitrogens with one attached hydrogen (secondary N) is 1. The molecule has 2 heterocycles. The lowest BCUT2D eigenvalue weighted by Gasteiger charge is -2.09. The van der Waals surface area contributed by atoms with Gasteiger partial charge in [-0.1, -0.05) is 11.2 Å². The molecule has 0 unspecified atom stereocenters. The Morgan fingerprint density at radius 2 is 2.25 bits per heavy atom. The van der Waals surface area contributed by atoms with Gasteiger partial charge in [0.1, 0.15) is 5.76 Å². The molecule has 106 valence electrons. The van der Waals surface area contributed by atoms with E-state index in [-0.39, 0.29) is 17.7 Å². The zero-order valence-corrected chi connectivity index (χ0v) is 11.7. The fourth-order valence-corrected chi connectivity index (χ4v) is 1.57. The molecule has 2 rings (SSSR count). The van der Waals surface area contributed by atoms with E-state index in [1.807, 2.05) is 19.9 Å². The van der Waals surface area contributed by atoms with Crippen molar-refractivity contribution in [3.8, 4) is 5.88 Å². The van der Waals surface area contributed by atoms with E-state index in [4.69, 9.17) is 9.26 Å². The molecule has 0 spiro atoms. The summed E-state index contributed by atoms with van der Waals surface area (Å²) in [6.45, 7) is 5.99. The number of aryl methyl sites for hydroxylation is 1. The van der Waals surface area contributed by atoms with Crippen molar-refractivity contribution in [2.75, 3.05) is 0 Å². The highest BCUT2D eigenvalue weighted by Gasteiger charge is 2.10. The number of hydrogen-bond acceptors (Lipinski definition) is 5. The molecular weight excluding hydrogens is 258 g/mol. The number of aromatic nitrogens is 2. The molecular formula is C14H17N3O3. The molecule has 6 nitrogen and oxygen atoms in total. The molecule has 1 amide bonds. The molecule has 0 fully saturated rings. The van der Waals surface area contributed by atoms with Crippen LogP contribution in [0.2, 0.25) is 0 Å². The minimum Gasteiger partial charge on any atom is -0.475 e. The molecule has 0 bridgehead atoms. The Morgan fingerprint density at radius 3 is 2.80 bits per heavy atom. The van der Waals surface area contributed by atoms with Gasteiger partial charge in [0.25, 0.3) is 5.91 Å². The van der Waals surface area contributed by atoms with Crippen molar-refractivity contribution >= 4 is 5.91 Å². The van der Waals surface area contributed by atoms with Crippen molar-refractivity contribution in [2.24, 2.45) is 0 Å². The van der Waals surface area contributed by atoms with Crippen LogP contribution in [-0.4, -0.2) is 22.2 Å². The molecule has 0 aliphatic rings. The minimum absolute atomic E-state index is 0.0865. The molecule has 0 aliphatic carbocycles. The smallest absolute Gasteiger partial charge is 0.273 e. The highest BCUT2D eigenvalue weighted by Crippen LogP contribution is 2.09. The van der Waals surface area contributed by atoms with E-state index >= 15 is 0 Å². The monoisotopic (exact) mass is 275 g/mol. The highest BCUT2D eigenvalue weighted by atomic mass is 16.5. The summed E-state index contributed by atoms with van der Waals surface area (Å²) >= 11 is 0. The van der Waals surface area contributed by atoms with Crippen LogP contribution < -0.4 is 10.1 Å². The average Bonchev–Trinajstić information content (AvgIpc) is 2.84. The predicted molar refractivity (Wildman–Crippen MR) is 72.4 cm³/mol. The summed E-state index contributed by atoms with van der Waals surface area (Å²) in [7, 11) is 0. The number of carbonyl (C=O) groups excluding carboxylic acids is 1. The van der Waals surface area contributed by atoms with Gasteiger partial charge in [-0.2, -0.15) is 0 Å². The van der Waals surface area contributed by atoms with E-state index in [0.717, 1.165) is 5.56 Å². The summed E-state index contributed by atoms with van der Waals surface area (Å²) in [5.74, 6) is 0.901. The van der Waals surface area contributed by atoms with Crippen molar-refractivity contribution in [3.63, 3.8) is 0 Å². The quantitative estimate of drug-likeness (QED) is 0.904. The molecule has 0 radical (unpaired) electrons. The van der Waals surface area contributed by atoms with Crippen molar-refractivity contribution in [1.82, 2.24) is 15.5 Å². The molecule has 0 atom stereocenters. The second-order valence-electron chi connectivity index (χ2n) is 4.68. The van der Waals surface area contributed by atoms with Gasteiger partial charge >= 0.3 is 0 Å². The zero-order chi connectivity index (χ0) is 14.5. The molecule has 6 heteroatoms. The van der Waals surface area contributed by atoms with E-state index in [1.165, 1.54) is 0 Å². The highest BCUT2D eigenvalue weighted by molar-refractivity contribution is 5.92. The number of rotatable bonds is 5. The van der Waals surface area contributed by atoms with Gasteiger partial charge < -0.3 is 14.6 Å². The lowest BCUT2D eigenvalue weighted by Crippen LogP contribution is -2.23. The molecule has 20 heavy (non-hydrogen) atoms. The van der Waals surface area contributed by atoms with Crippen LogP contribution in [0.4, 0.5) is 0 Å². The summed E-state index contributed by atoms with van der Waals surface area (Å²) in [6, 6.07) is 5.23. The Kier molecular flexibility index (Phi) is 4.34. The van der Waals surface area contributed by atoms with Gasteiger partial charge in [-0.3, -0.25) is 4.79 Å². The third-order valence-electron chi connectivity index (χ3n) is 2.47. The Balaban J connectivity index is 1.89. The van der Waals surface area contributed by atoms with Crippen LogP contribution in [0, 0.1) is 6.92 Å². The first kappa shape index (κ1) is 14.0. The van der Waals surface area contributed by atoms with Crippen molar-refractivity contribution in [2.45, 2.75) is 33.4 Å². The van der Waals surface area contributed by atoms with E-state index < -0.39 is 0 Å². The van der Waals surface area contributed by atoms with Crippen molar-refractivity contribution in [3.05, 3.63) is 41.4 Å².